The standard InChI is InChI=1S/C18H11F3N4OS/c19-12-2-1-3-14(9-12)27-17-16-23-25(18(26)24(16)7-6-22-17)10-11-8-13(20)4-5-15(11)21/h1-9H,10H2. The number of nitrogens with zero attached hydrogens (tertiary/aromatic N) is 4. The van der Waals surface area contributed by atoms with E-state index in [2.05, 4.69) is 10.1 Å². The van der Waals surface area contributed by atoms with E-state index in [1.165, 1.54) is 28.9 Å². The van der Waals surface area contributed by atoms with Crippen LogP contribution < -0.4 is 5.69 Å². The van der Waals surface area contributed by atoms with Gasteiger partial charge in [0, 0.05) is 22.9 Å². The van der Waals surface area contributed by atoms with Crippen molar-refractivity contribution in [1.82, 2.24) is 19.2 Å². The maximum Gasteiger partial charge on any atom is 0.350 e. The van der Waals surface area contributed by atoms with E-state index in [9.17, 15) is 18.0 Å². The lowest BCUT2D eigenvalue weighted by atomic mass is 10.2. The fourth-order valence-corrected chi connectivity index (χ4v) is 3.45. The number of hydrogen-bond acceptors (Lipinski definition) is 4. The molecular formula is C18H11F3N4OS. The summed E-state index contributed by atoms with van der Waals surface area (Å²) in [5, 5.41) is 4.59. The molecule has 0 radical (unpaired) electrons. The largest absolute Gasteiger partial charge is 0.350 e. The minimum atomic E-state index is -0.632. The van der Waals surface area contributed by atoms with Crippen molar-refractivity contribution in [2.24, 2.45) is 0 Å². The van der Waals surface area contributed by atoms with Crippen LogP contribution in [-0.2, 0) is 6.54 Å². The molecule has 0 aliphatic rings. The molecule has 0 saturated carbocycles. The Morgan fingerprint density at radius 3 is 2.67 bits per heavy atom. The van der Waals surface area contributed by atoms with E-state index < -0.39 is 23.1 Å². The van der Waals surface area contributed by atoms with Crippen molar-refractivity contribution in [2.45, 2.75) is 16.5 Å². The zero-order chi connectivity index (χ0) is 19.0. The molecule has 4 aromatic rings. The normalized spacial score (nSPS) is 11.2. The van der Waals surface area contributed by atoms with Crippen LogP contribution >= 0.6 is 11.8 Å². The van der Waals surface area contributed by atoms with Crippen molar-refractivity contribution in [3.05, 3.63) is 88.4 Å². The van der Waals surface area contributed by atoms with Gasteiger partial charge in [0.1, 0.15) is 22.5 Å². The van der Waals surface area contributed by atoms with Crippen LogP contribution in [0.5, 0.6) is 0 Å². The second-order valence-corrected chi connectivity index (χ2v) is 6.72. The first-order valence-corrected chi connectivity index (χ1v) is 8.64. The van der Waals surface area contributed by atoms with Gasteiger partial charge in [-0.3, -0.25) is 0 Å². The Bertz CT molecular complexity index is 1200. The van der Waals surface area contributed by atoms with Crippen LogP contribution in [0.2, 0.25) is 0 Å². The highest BCUT2D eigenvalue weighted by Crippen LogP contribution is 2.28. The summed E-state index contributed by atoms with van der Waals surface area (Å²) < 4.78 is 42.9. The Hall–Kier alpha value is -3.07. The second-order valence-electron chi connectivity index (χ2n) is 5.66. The number of aromatic nitrogens is 4. The quantitative estimate of drug-likeness (QED) is 0.537. The molecule has 0 spiro atoms. The zero-order valence-electron chi connectivity index (χ0n) is 13.6. The van der Waals surface area contributed by atoms with E-state index in [1.54, 1.807) is 12.1 Å². The Morgan fingerprint density at radius 2 is 1.85 bits per heavy atom. The average Bonchev–Trinajstić information content (AvgIpc) is 2.95. The summed E-state index contributed by atoms with van der Waals surface area (Å²) >= 11 is 1.14. The predicted octanol–water partition coefficient (Wildman–Crippen LogP) is 3.51. The zero-order valence-corrected chi connectivity index (χ0v) is 14.5. The number of halogens is 3. The third-order valence-electron chi connectivity index (χ3n) is 3.81. The molecule has 4 rings (SSSR count). The van der Waals surface area contributed by atoms with Crippen LogP contribution in [0.1, 0.15) is 5.56 Å². The highest BCUT2D eigenvalue weighted by Gasteiger charge is 2.15. The first-order chi connectivity index (χ1) is 13.0. The lowest BCUT2D eigenvalue weighted by Gasteiger charge is -2.02. The SMILES string of the molecule is O=c1n(Cc2cc(F)ccc2F)nc2c(Sc3cccc(F)c3)nccn12. The van der Waals surface area contributed by atoms with Gasteiger partial charge >= 0.3 is 5.69 Å². The van der Waals surface area contributed by atoms with Gasteiger partial charge in [-0.05, 0) is 36.4 Å². The van der Waals surface area contributed by atoms with Gasteiger partial charge in [-0.15, -0.1) is 5.10 Å². The molecule has 0 fully saturated rings. The van der Waals surface area contributed by atoms with E-state index in [-0.39, 0.29) is 17.8 Å². The molecule has 136 valence electrons. The van der Waals surface area contributed by atoms with Gasteiger partial charge in [0.05, 0.1) is 6.54 Å². The summed E-state index contributed by atoms with van der Waals surface area (Å²) in [5.74, 6) is -1.63. The number of hydrogen-bond donors (Lipinski definition) is 0. The third kappa shape index (κ3) is 3.45. The van der Waals surface area contributed by atoms with Crippen LogP contribution in [0.4, 0.5) is 13.2 Å². The molecule has 0 unspecified atom stereocenters. The number of benzene rings is 2. The van der Waals surface area contributed by atoms with Crippen molar-refractivity contribution in [3.63, 3.8) is 0 Å². The fraction of sp³-hybridized carbons (Fsp3) is 0.0556. The van der Waals surface area contributed by atoms with Crippen LogP contribution in [0.25, 0.3) is 5.65 Å². The smallest absolute Gasteiger partial charge is 0.246 e. The van der Waals surface area contributed by atoms with Crippen molar-refractivity contribution in [3.8, 4) is 0 Å². The molecule has 0 aliphatic heterocycles. The van der Waals surface area contributed by atoms with Crippen molar-refractivity contribution in [1.29, 1.82) is 0 Å². The topological polar surface area (TPSA) is 52.2 Å². The Kier molecular flexibility index (Phi) is 4.44. The third-order valence-corrected chi connectivity index (χ3v) is 4.78. The van der Waals surface area contributed by atoms with Gasteiger partial charge in [-0.2, -0.15) is 0 Å². The molecular weight excluding hydrogens is 377 g/mol. The van der Waals surface area contributed by atoms with Gasteiger partial charge < -0.3 is 0 Å². The molecule has 9 heteroatoms. The highest BCUT2D eigenvalue weighted by molar-refractivity contribution is 7.99. The summed E-state index contributed by atoms with van der Waals surface area (Å²) in [6, 6.07) is 8.96. The summed E-state index contributed by atoms with van der Waals surface area (Å²) in [7, 11) is 0. The van der Waals surface area contributed by atoms with Crippen LogP contribution in [-0.4, -0.2) is 19.2 Å². The van der Waals surface area contributed by atoms with E-state index in [4.69, 9.17) is 0 Å². The molecule has 0 saturated heterocycles. The molecule has 0 atom stereocenters. The number of fused-ring (bicyclic) bond motifs is 1. The Balaban J connectivity index is 1.75. The van der Waals surface area contributed by atoms with Crippen LogP contribution in [0, 0.1) is 17.5 Å². The lowest BCUT2D eigenvalue weighted by Crippen LogP contribution is -2.22. The lowest BCUT2D eigenvalue weighted by molar-refractivity contribution is 0.561. The van der Waals surface area contributed by atoms with Crippen LogP contribution in [0.15, 0.2) is 69.6 Å². The minimum Gasteiger partial charge on any atom is -0.246 e. The molecule has 2 aromatic heterocycles. The first-order valence-electron chi connectivity index (χ1n) is 7.83. The van der Waals surface area contributed by atoms with Gasteiger partial charge in [0.2, 0.25) is 0 Å². The first kappa shape index (κ1) is 17.3. The Morgan fingerprint density at radius 1 is 1.04 bits per heavy atom. The molecule has 0 bridgehead atoms. The fourth-order valence-electron chi connectivity index (χ4n) is 2.57. The average molecular weight is 388 g/mol. The summed E-state index contributed by atoms with van der Waals surface area (Å²) in [6.45, 7) is -0.228. The molecule has 0 N–H and O–H groups in total. The maximum atomic E-state index is 13.9. The molecule has 0 aliphatic carbocycles. The van der Waals surface area contributed by atoms with Gasteiger partial charge in [0.25, 0.3) is 0 Å². The van der Waals surface area contributed by atoms with E-state index in [0.29, 0.717) is 9.92 Å². The van der Waals surface area contributed by atoms with Crippen LogP contribution in [0.3, 0.4) is 0 Å². The molecule has 2 aromatic carbocycles. The van der Waals surface area contributed by atoms with E-state index in [1.807, 2.05) is 0 Å². The summed E-state index contributed by atoms with van der Waals surface area (Å²) in [4.78, 5) is 17.3. The van der Waals surface area contributed by atoms with Gasteiger partial charge in [-0.1, -0.05) is 17.8 Å². The molecule has 27 heavy (non-hydrogen) atoms. The second kappa shape index (κ2) is 6.92. The predicted molar refractivity (Wildman–Crippen MR) is 93.2 cm³/mol. The highest BCUT2D eigenvalue weighted by atomic mass is 32.2. The van der Waals surface area contributed by atoms with E-state index >= 15 is 0 Å². The summed E-state index contributed by atoms with van der Waals surface area (Å²) in [6.07, 6.45) is 2.85. The van der Waals surface area contributed by atoms with Crippen molar-refractivity contribution >= 4 is 17.4 Å². The maximum absolute atomic E-state index is 13.9. The molecule has 5 nitrogen and oxygen atoms in total. The minimum absolute atomic E-state index is 0.00722. The molecule has 0 amide bonds. The molecule has 2 heterocycles. The van der Waals surface area contributed by atoms with Crippen molar-refractivity contribution < 1.29 is 13.2 Å². The monoisotopic (exact) mass is 388 g/mol. The Labute approximate surface area is 155 Å². The summed E-state index contributed by atoms with van der Waals surface area (Å²) in [5.41, 5.74) is -0.265. The van der Waals surface area contributed by atoms with Gasteiger partial charge in [-0.25, -0.2) is 32.0 Å². The van der Waals surface area contributed by atoms with Crippen molar-refractivity contribution in [2.75, 3.05) is 0 Å². The van der Waals surface area contributed by atoms with E-state index in [0.717, 1.165) is 34.6 Å². The van der Waals surface area contributed by atoms with Gasteiger partial charge in [0.15, 0.2) is 5.65 Å². The number of rotatable bonds is 4.